The van der Waals surface area contributed by atoms with Crippen LogP contribution in [0.4, 0.5) is 0 Å². The van der Waals surface area contributed by atoms with Crippen molar-refractivity contribution in [1.29, 1.82) is 0 Å². The first-order valence-electron chi connectivity index (χ1n) is 6.06. The van der Waals surface area contributed by atoms with E-state index in [1.165, 1.54) is 25.7 Å². The predicted octanol–water partition coefficient (Wildman–Crippen LogP) is 1.68. The molecular formula is C12H24N2O. The summed E-state index contributed by atoms with van der Waals surface area (Å²) >= 11 is 0. The number of carbonyl (C=O) groups is 1. The lowest BCUT2D eigenvalue weighted by atomic mass is 9.67. The molecule has 3 heteroatoms. The Morgan fingerprint density at radius 3 is 2.53 bits per heavy atom. The molecule has 3 nitrogen and oxygen atoms in total. The van der Waals surface area contributed by atoms with Crippen molar-refractivity contribution in [2.75, 3.05) is 13.6 Å². The fourth-order valence-electron chi connectivity index (χ4n) is 2.18. The van der Waals surface area contributed by atoms with E-state index in [2.05, 4.69) is 24.5 Å². The summed E-state index contributed by atoms with van der Waals surface area (Å²) in [7, 11) is 1.69. The van der Waals surface area contributed by atoms with Crippen molar-refractivity contribution in [3.05, 3.63) is 0 Å². The minimum Gasteiger partial charge on any atom is -0.359 e. The molecule has 0 aromatic heterocycles. The van der Waals surface area contributed by atoms with Gasteiger partial charge in [0.15, 0.2) is 0 Å². The van der Waals surface area contributed by atoms with Gasteiger partial charge in [-0.3, -0.25) is 4.79 Å². The lowest BCUT2D eigenvalue weighted by molar-refractivity contribution is -0.121. The summed E-state index contributed by atoms with van der Waals surface area (Å²) < 4.78 is 0. The Bertz CT molecular complexity index is 206. The highest BCUT2D eigenvalue weighted by molar-refractivity contribution is 5.76. The van der Waals surface area contributed by atoms with Crippen molar-refractivity contribution >= 4 is 5.91 Å². The molecule has 88 valence electrons. The van der Waals surface area contributed by atoms with E-state index in [0.29, 0.717) is 11.8 Å². The number of hydrogen-bond donors (Lipinski definition) is 2. The molecule has 1 atom stereocenters. The maximum atomic E-state index is 11.1. The molecule has 1 unspecified atom stereocenters. The number of rotatable bonds is 6. The lowest BCUT2D eigenvalue weighted by Crippen LogP contribution is -2.43. The van der Waals surface area contributed by atoms with Gasteiger partial charge in [-0.25, -0.2) is 0 Å². The van der Waals surface area contributed by atoms with Crippen LogP contribution in [0.1, 0.15) is 46.0 Å². The molecule has 0 bridgehead atoms. The Labute approximate surface area is 93.0 Å². The van der Waals surface area contributed by atoms with E-state index in [0.717, 1.165) is 6.54 Å². The van der Waals surface area contributed by atoms with Crippen molar-refractivity contribution in [1.82, 2.24) is 10.6 Å². The smallest absolute Gasteiger partial charge is 0.221 e. The highest BCUT2D eigenvalue weighted by Crippen LogP contribution is 2.43. The fourth-order valence-corrected chi connectivity index (χ4v) is 2.18. The second kappa shape index (κ2) is 5.50. The number of amides is 1. The first-order chi connectivity index (χ1) is 7.12. The zero-order valence-electron chi connectivity index (χ0n) is 10.2. The van der Waals surface area contributed by atoms with E-state index in [9.17, 15) is 4.79 Å². The fraction of sp³-hybridized carbons (Fsp3) is 0.917. The number of nitrogens with one attached hydrogen (secondary N) is 2. The molecule has 0 aromatic rings. The van der Waals surface area contributed by atoms with Gasteiger partial charge < -0.3 is 10.6 Å². The molecule has 0 heterocycles. The van der Waals surface area contributed by atoms with Crippen LogP contribution in [0.25, 0.3) is 0 Å². The molecule has 0 saturated heterocycles. The summed E-state index contributed by atoms with van der Waals surface area (Å²) in [5.74, 6) is 0.120. The molecule has 1 saturated carbocycles. The van der Waals surface area contributed by atoms with Crippen LogP contribution < -0.4 is 10.6 Å². The molecule has 1 fully saturated rings. The van der Waals surface area contributed by atoms with Gasteiger partial charge in [0.2, 0.25) is 5.91 Å². The minimum atomic E-state index is 0.120. The summed E-state index contributed by atoms with van der Waals surface area (Å²) in [4.78, 5) is 11.1. The molecule has 0 aliphatic heterocycles. The van der Waals surface area contributed by atoms with Crippen LogP contribution in [0.3, 0.4) is 0 Å². The molecule has 0 radical (unpaired) electrons. The molecule has 1 aliphatic carbocycles. The summed E-state index contributed by atoms with van der Waals surface area (Å²) in [6.45, 7) is 5.42. The van der Waals surface area contributed by atoms with Crippen LogP contribution in [0, 0.1) is 5.41 Å². The molecule has 0 aromatic carbocycles. The van der Waals surface area contributed by atoms with Gasteiger partial charge in [-0.1, -0.05) is 13.3 Å². The van der Waals surface area contributed by atoms with Crippen LogP contribution in [-0.4, -0.2) is 25.5 Å². The second-order valence-corrected chi connectivity index (χ2v) is 4.87. The zero-order chi connectivity index (χ0) is 11.3. The van der Waals surface area contributed by atoms with Crippen LogP contribution in [0.15, 0.2) is 0 Å². The van der Waals surface area contributed by atoms with E-state index in [1.807, 2.05) is 0 Å². The van der Waals surface area contributed by atoms with E-state index in [1.54, 1.807) is 7.05 Å². The van der Waals surface area contributed by atoms with Gasteiger partial charge in [0.25, 0.3) is 0 Å². The van der Waals surface area contributed by atoms with E-state index in [-0.39, 0.29) is 11.9 Å². The van der Waals surface area contributed by atoms with Crippen molar-refractivity contribution in [3.63, 3.8) is 0 Å². The highest BCUT2D eigenvalue weighted by Gasteiger charge is 2.34. The normalized spacial score (nSPS) is 20.5. The molecule has 1 amide bonds. The minimum absolute atomic E-state index is 0.120. The number of carbonyl (C=O) groups excluding carboxylic acids is 1. The van der Waals surface area contributed by atoms with Gasteiger partial charge in [-0.15, -0.1) is 0 Å². The Kier molecular flexibility index (Phi) is 4.58. The van der Waals surface area contributed by atoms with Crippen molar-refractivity contribution in [3.8, 4) is 0 Å². The third-order valence-corrected chi connectivity index (χ3v) is 3.76. The predicted molar refractivity (Wildman–Crippen MR) is 62.7 cm³/mol. The first-order valence-corrected chi connectivity index (χ1v) is 6.06. The first kappa shape index (κ1) is 12.5. The van der Waals surface area contributed by atoms with Gasteiger partial charge in [0, 0.05) is 26.1 Å². The quantitative estimate of drug-likeness (QED) is 0.703. The van der Waals surface area contributed by atoms with Crippen LogP contribution >= 0.6 is 0 Å². The highest BCUT2D eigenvalue weighted by atomic mass is 16.1. The zero-order valence-corrected chi connectivity index (χ0v) is 10.2. The van der Waals surface area contributed by atoms with Gasteiger partial charge in [-0.05, 0) is 31.6 Å². The largest absolute Gasteiger partial charge is 0.359 e. The molecule has 0 spiro atoms. The van der Waals surface area contributed by atoms with Gasteiger partial charge in [0.1, 0.15) is 0 Å². The summed E-state index contributed by atoms with van der Waals surface area (Å²) in [6.07, 6.45) is 5.91. The molecule has 15 heavy (non-hydrogen) atoms. The third-order valence-electron chi connectivity index (χ3n) is 3.76. The van der Waals surface area contributed by atoms with Gasteiger partial charge in [-0.2, -0.15) is 0 Å². The van der Waals surface area contributed by atoms with Crippen LogP contribution in [0.5, 0.6) is 0 Å². The summed E-state index contributed by atoms with van der Waals surface area (Å²) in [6, 6.07) is 0.286. The third kappa shape index (κ3) is 3.49. The molecular weight excluding hydrogens is 188 g/mol. The lowest BCUT2D eigenvalue weighted by Gasteiger charge is -2.42. The summed E-state index contributed by atoms with van der Waals surface area (Å²) in [5, 5.41) is 6.14. The van der Waals surface area contributed by atoms with Crippen molar-refractivity contribution < 1.29 is 4.79 Å². The Balaban J connectivity index is 2.21. The standard InChI is InChI=1S/C12H24N2O/c1-4-12(6-5-7-12)9-14-10(2)8-11(15)13-3/h10,14H,4-9H2,1-3H3,(H,13,15). The van der Waals surface area contributed by atoms with Gasteiger partial charge >= 0.3 is 0 Å². The van der Waals surface area contributed by atoms with E-state index < -0.39 is 0 Å². The van der Waals surface area contributed by atoms with E-state index >= 15 is 0 Å². The maximum Gasteiger partial charge on any atom is 0.221 e. The summed E-state index contributed by atoms with van der Waals surface area (Å²) in [5.41, 5.74) is 0.539. The number of hydrogen-bond acceptors (Lipinski definition) is 2. The van der Waals surface area contributed by atoms with Crippen molar-refractivity contribution in [2.45, 2.75) is 52.0 Å². The average Bonchev–Trinajstić information content (AvgIpc) is 2.16. The monoisotopic (exact) mass is 212 g/mol. The SMILES string of the molecule is CCC1(CNC(C)CC(=O)NC)CCC1. The Morgan fingerprint density at radius 2 is 2.13 bits per heavy atom. The van der Waals surface area contributed by atoms with Crippen molar-refractivity contribution in [2.24, 2.45) is 5.41 Å². The van der Waals surface area contributed by atoms with Gasteiger partial charge in [0.05, 0.1) is 0 Å². The maximum absolute atomic E-state index is 11.1. The Hall–Kier alpha value is -0.570. The molecule has 2 N–H and O–H groups in total. The average molecular weight is 212 g/mol. The molecule has 1 rings (SSSR count). The topological polar surface area (TPSA) is 41.1 Å². The van der Waals surface area contributed by atoms with Crippen LogP contribution in [-0.2, 0) is 4.79 Å². The van der Waals surface area contributed by atoms with Crippen LogP contribution in [0.2, 0.25) is 0 Å². The molecule has 1 aliphatic rings. The second-order valence-electron chi connectivity index (χ2n) is 4.87. The van der Waals surface area contributed by atoms with E-state index in [4.69, 9.17) is 0 Å². The Morgan fingerprint density at radius 1 is 1.47 bits per heavy atom.